The van der Waals surface area contributed by atoms with Crippen molar-refractivity contribution < 1.29 is 31.6 Å². The van der Waals surface area contributed by atoms with Crippen LogP contribution in [0.25, 0.3) is 11.3 Å². The van der Waals surface area contributed by atoms with Gasteiger partial charge in [-0.25, -0.2) is 27.5 Å². The number of ether oxygens (including phenoxy) is 1. The van der Waals surface area contributed by atoms with Gasteiger partial charge in [0.2, 0.25) is 11.7 Å². The molecule has 1 aromatic carbocycles. The van der Waals surface area contributed by atoms with Crippen molar-refractivity contribution in [1.29, 1.82) is 0 Å². The number of amides is 1. The molecule has 3 aromatic rings. The molecule has 0 saturated heterocycles. The lowest BCUT2D eigenvalue weighted by molar-refractivity contribution is -0.0384. The maximum absolute atomic E-state index is 14.5. The summed E-state index contributed by atoms with van der Waals surface area (Å²) in [6.45, 7) is 0. The summed E-state index contributed by atoms with van der Waals surface area (Å²) in [6, 6.07) is 4.05. The molecule has 0 atom stereocenters. The Kier molecular flexibility index (Phi) is 5.81. The number of rotatable bonds is 5. The van der Waals surface area contributed by atoms with Gasteiger partial charge in [-0.3, -0.25) is 4.79 Å². The monoisotopic (exact) mass is 450 g/mol. The third-order valence-electron chi connectivity index (χ3n) is 5.32. The van der Waals surface area contributed by atoms with Crippen molar-refractivity contribution in [2.24, 2.45) is 0 Å². The minimum Gasteiger partial charge on any atom is -0.479 e. The minimum absolute atomic E-state index is 0.00687. The second kappa shape index (κ2) is 8.56. The van der Waals surface area contributed by atoms with Gasteiger partial charge in [-0.2, -0.15) is 0 Å². The van der Waals surface area contributed by atoms with Crippen molar-refractivity contribution in [3.05, 3.63) is 53.7 Å². The predicted molar refractivity (Wildman–Crippen MR) is 105 cm³/mol. The van der Waals surface area contributed by atoms with Gasteiger partial charge < -0.3 is 14.6 Å². The van der Waals surface area contributed by atoms with E-state index in [1.54, 1.807) is 0 Å². The largest absolute Gasteiger partial charge is 0.479 e. The second-order valence-electron chi connectivity index (χ2n) is 7.42. The Hall–Kier alpha value is -3.50. The van der Waals surface area contributed by atoms with Gasteiger partial charge in [0.05, 0.1) is 24.6 Å². The average Bonchev–Trinajstić information content (AvgIpc) is 3.25. The standard InChI is InChI=1S/C21H18F4N4O3/c1-31-16-9-15(32-29-16)20(30)28-19-17(11-4-6-21(24,25)7-5-11)26-10-27-18(19)13-8-12(22)2-3-14(13)23/h2-3,8-11H,4-7H2,1H3,(H,28,30). The smallest absolute Gasteiger partial charge is 0.294 e. The van der Waals surface area contributed by atoms with Gasteiger partial charge in [0.15, 0.2) is 0 Å². The third kappa shape index (κ3) is 4.41. The quantitative estimate of drug-likeness (QED) is 0.553. The zero-order chi connectivity index (χ0) is 22.9. The fraction of sp³-hybridized carbons (Fsp3) is 0.333. The number of halogens is 4. The van der Waals surface area contributed by atoms with Gasteiger partial charge in [0, 0.05) is 24.3 Å². The Morgan fingerprint density at radius 1 is 1.19 bits per heavy atom. The number of benzene rings is 1. The van der Waals surface area contributed by atoms with E-state index in [0.717, 1.165) is 24.5 Å². The molecule has 11 heteroatoms. The van der Waals surface area contributed by atoms with Crippen LogP contribution in [0.4, 0.5) is 23.2 Å². The normalized spacial score (nSPS) is 16.0. The second-order valence-corrected chi connectivity index (χ2v) is 7.42. The SMILES string of the molecule is COc1cc(C(=O)Nc2c(-c3cc(F)ccc3F)ncnc2C2CCC(F)(F)CC2)on1. The molecule has 1 aliphatic carbocycles. The average molecular weight is 450 g/mol. The number of methoxy groups -OCH3 is 1. The fourth-order valence-corrected chi connectivity index (χ4v) is 3.67. The van der Waals surface area contributed by atoms with Crippen LogP contribution in [0, 0.1) is 11.6 Å². The number of carbonyl (C=O) groups excluding carboxylic acids is 1. The van der Waals surface area contributed by atoms with E-state index in [2.05, 4.69) is 20.4 Å². The molecule has 4 rings (SSSR count). The van der Waals surface area contributed by atoms with Crippen LogP contribution < -0.4 is 10.1 Å². The van der Waals surface area contributed by atoms with Crippen LogP contribution in [0.5, 0.6) is 5.88 Å². The first-order valence-electron chi connectivity index (χ1n) is 9.77. The number of anilines is 1. The number of nitrogens with zero attached hydrogens (tertiary/aromatic N) is 3. The number of nitrogens with one attached hydrogen (secondary N) is 1. The highest BCUT2D eigenvalue weighted by molar-refractivity contribution is 6.04. The van der Waals surface area contributed by atoms with Crippen molar-refractivity contribution in [2.75, 3.05) is 12.4 Å². The number of aromatic nitrogens is 3. The third-order valence-corrected chi connectivity index (χ3v) is 5.32. The molecule has 1 saturated carbocycles. The highest BCUT2D eigenvalue weighted by Gasteiger charge is 2.37. The molecule has 7 nitrogen and oxygen atoms in total. The van der Waals surface area contributed by atoms with Crippen LogP contribution in [0.2, 0.25) is 0 Å². The lowest BCUT2D eigenvalue weighted by Gasteiger charge is -2.29. The number of carbonyl (C=O) groups is 1. The lowest BCUT2D eigenvalue weighted by atomic mass is 9.83. The van der Waals surface area contributed by atoms with E-state index >= 15 is 0 Å². The summed E-state index contributed by atoms with van der Waals surface area (Å²) in [5.74, 6) is -5.62. The summed E-state index contributed by atoms with van der Waals surface area (Å²) in [5.41, 5.74) is -0.0361. The van der Waals surface area contributed by atoms with E-state index in [4.69, 9.17) is 9.26 Å². The molecule has 1 aliphatic rings. The topological polar surface area (TPSA) is 90.1 Å². The van der Waals surface area contributed by atoms with E-state index in [0.29, 0.717) is 0 Å². The molecule has 2 heterocycles. The Balaban J connectivity index is 1.78. The Labute approximate surface area is 179 Å². The number of hydrogen-bond donors (Lipinski definition) is 1. The summed E-state index contributed by atoms with van der Waals surface area (Å²) < 4.78 is 65.6. The van der Waals surface area contributed by atoms with E-state index in [1.165, 1.54) is 13.2 Å². The number of hydrogen-bond acceptors (Lipinski definition) is 6. The number of alkyl halides is 2. The molecule has 0 bridgehead atoms. The van der Waals surface area contributed by atoms with Crippen LogP contribution >= 0.6 is 0 Å². The lowest BCUT2D eigenvalue weighted by Crippen LogP contribution is -2.25. The van der Waals surface area contributed by atoms with Gasteiger partial charge in [0.25, 0.3) is 11.8 Å². The molecule has 2 aromatic heterocycles. The summed E-state index contributed by atoms with van der Waals surface area (Å²) >= 11 is 0. The van der Waals surface area contributed by atoms with E-state index in [9.17, 15) is 22.4 Å². The van der Waals surface area contributed by atoms with Crippen molar-refractivity contribution in [1.82, 2.24) is 15.1 Å². The summed E-state index contributed by atoms with van der Waals surface area (Å²) in [4.78, 5) is 21.0. The first kappa shape index (κ1) is 21.7. The van der Waals surface area contributed by atoms with Gasteiger partial charge in [0.1, 0.15) is 23.7 Å². The molecule has 1 fully saturated rings. The van der Waals surface area contributed by atoms with Gasteiger partial charge >= 0.3 is 0 Å². The van der Waals surface area contributed by atoms with Crippen LogP contribution in [0.1, 0.15) is 47.8 Å². The zero-order valence-corrected chi connectivity index (χ0v) is 16.9. The molecular formula is C21H18F4N4O3. The first-order chi connectivity index (χ1) is 15.3. The van der Waals surface area contributed by atoms with Crippen molar-refractivity contribution in [2.45, 2.75) is 37.5 Å². The van der Waals surface area contributed by atoms with Gasteiger partial charge in [-0.05, 0) is 36.2 Å². The van der Waals surface area contributed by atoms with Gasteiger partial charge in [-0.1, -0.05) is 0 Å². The minimum atomic E-state index is -2.78. The molecule has 1 amide bonds. The Bertz CT molecular complexity index is 1140. The van der Waals surface area contributed by atoms with Gasteiger partial charge in [-0.15, -0.1) is 0 Å². The van der Waals surface area contributed by atoms with E-state index in [1.807, 2.05) is 0 Å². The first-order valence-corrected chi connectivity index (χ1v) is 9.77. The van der Waals surface area contributed by atoms with Crippen molar-refractivity contribution in [3.8, 4) is 17.1 Å². The maximum Gasteiger partial charge on any atom is 0.294 e. The van der Waals surface area contributed by atoms with E-state index < -0.39 is 29.4 Å². The zero-order valence-electron chi connectivity index (χ0n) is 16.9. The van der Waals surface area contributed by atoms with E-state index in [-0.39, 0.29) is 60.0 Å². The molecule has 0 aliphatic heterocycles. The van der Waals surface area contributed by atoms with Crippen molar-refractivity contribution in [3.63, 3.8) is 0 Å². The molecule has 0 radical (unpaired) electrons. The van der Waals surface area contributed by atoms with Crippen molar-refractivity contribution >= 4 is 11.6 Å². The van der Waals surface area contributed by atoms with Crippen LogP contribution in [-0.4, -0.2) is 34.1 Å². The highest BCUT2D eigenvalue weighted by Crippen LogP contribution is 2.44. The molecule has 0 unspecified atom stereocenters. The maximum atomic E-state index is 14.5. The van der Waals surface area contributed by atoms with Crippen LogP contribution in [0.15, 0.2) is 35.1 Å². The molecule has 0 spiro atoms. The fourth-order valence-electron chi connectivity index (χ4n) is 3.67. The Morgan fingerprint density at radius 2 is 1.94 bits per heavy atom. The predicted octanol–water partition coefficient (Wildman–Crippen LogP) is 4.96. The summed E-state index contributed by atoms with van der Waals surface area (Å²) in [5, 5.41) is 6.12. The molecular weight excluding hydrogens is 432 g/mol. The van der Waals surface area contributed by atoms with Crippen LogP contribution in [0.3, 0.4) is 0 Å². The molecule has 32 heavy (non-hydrogen) atoms. The molecule has 1 N–H and O–H groups in total. The van der Waals surface area contributed by atoms with Crippen LogP contribution in [-0.2, 0) is 0 Å². The summed E-state index contributed by atoms with van der Waals surface area (Å²) in [7, 11) is 1.34. The Morgan fingerprint density at radius 3 is 2.62 bits per heavy atom. The molecule has 168 valence electrons. The highest BCUT2D eigenvalue weighted by atomic mass is 19.3. The summed E-state index contributed by atoms with van der Waals surface area (Å²) in [6.07, 6.45) is 0.646.